The second-order valence-electron chi connectivity index (χ2n) is 9.09. The Labute approximate surface area is 198 Å². The Morgan fingerprint density at radius 3 is 2.62 bits per heavy atom. The molecular formula is C22H22ClFN6O4. The van der Waals surface area contributed by atoms with E-state index >= 15 is 0 Å². The largest absolute Gasteiger partial charge is 0.387 e. The predicted octanol–water partition coefficient (Wildman–Crippen LogP) is 3.64. The van der Waals surface area contributed by atoms with E-state index < -0.39 is 30.4 Å². The van der Waals surface area contributed by atoms with Crippen molar-refractivity contribution in [3.8, 4) is 0 Å². The van der Waals surface area contributed by atoms with E-state index in [0.29, 0.717) is 34.1 Å². The van der Waals surface area contributed by atoms with Gasteiger partial charge in [0.2, 0.25) is 0 Å². The van der Waals surface area contributed by atoms with Crippen LogP contribution >= 0.6 is 11.6 Å². The van der Waals surface area contributed by atoms with Gasteiger partial charge in [-0.2, -0.15) is 0 Å². The average molecular weight is 489 g/mol. The van der Waals surface area contributed by atoms with Crippen molar-refractivity contribution in [3.05, 3.63) is 59.2 Å². The van der Waals surface area contributed by atoms with Gasteiger partial charge >= 0.3 is 0 Å². The standard InChI is InChI=1S/C22H22ClFN6O4/c1-22(2,3)14-7-13(34-29-14)18-16(31)17(32)21(33-18)30-9-27-15-19(25-8-26-20(15)30)28-12-5-4-10(24)6-11(12)23/h4-9,16-18,21,31-32H,1-3H3,(H,25,26,28)/t16-,17+,18+,21+/m0/s1. The van der Waals surface area contributed by atoms with Gasteiger partial charge in [-0.25, -0.2) is 19.3 Å². The Hall–Kier alpha value is -3.12. The van der Waals surface area contributed by atoms with Gasteiger partial charge in [0.05, 0.1) is 22.7 Å². The normalized spacial score (nSPS) is 23.0. The van der Waals surface area contributed by atoms with Crippen LogP contribution in [0.4, 0.5) is 15.9 Å². The summed E-state index contributed by atoms with van der Waals surface area (Å²) in [5.74, 6) is 0.174. The maximum absolute atomic E-state index is 13.4. The lowest BCUT2D eigenvalue weighted by atomic mass is 9.92. The number of aliphatic hydroxyl groups excluding tert-OH is 2. The van der Waals surface area contributed by atoms with Crippen molar-refractivity contribution in [2.45, 2.75) is 50.7 Å². The highest BCUT2D eigenvalue weighted by Crippen LogP contribution is 2.41. The lowest BCUT2D eigenvalue weighted by Crippen LogP contribution is -2.28. The number of nitrogens with one attached hydrogen (secondary N) is 1. The first-order chi connectivity index (χ1) is 16.1. The van der Waals surface area contributed by atoms with E-state index in [4.69, 9.17) is 20.9 Å². The molecule has 1 saturated heterocycles. The number of rotatable bonds is 4. The third-order valence-corrected chi connectivity index (χ3v) is 5.95. The van der Waals surface area contributed by atoms with E-state index in [9.17, 15) is 14.6 Å². The van der Waals surface area contributed by atoms with E-state index in [2.05, 4.69) is 25.4 Å². The van der Waals surface area contributed by atoms with Crippen LogP contribution < -0.4 is 5.32 Å². The molecule has 34 heavy (non-hydrogen) atoms. The van der Waals surface area contributed by atoms with Crippen molar-refractivity contribution in [1.29, 1.82) is 0 Å². The molecule has 0 radical (unpaired) electrons. The number of hydrogen-bond donors (Lipinski definition) is 3. The number of fused-ring (bicyclic) bond motifs is 1. The molecule has 4 heterocycles. The summed E-state index contributed by atoms with van der Waals surface area (Å²) in [4.78, 5) is 12.8. The highest BCUT2D eigenvalue weighted by molar-refractivity contribution is 6.33. The molecule has 1 aliphatic rings. The summed E-state index contributed by atoms with van der Waals surface area (Å²) in [5, 5.41) is 28.7. The Kier molecular flexibility index (Phi) is 5.52. The van der Waals surface area contributed by atoms with Gasteiger partial charge in [0, 0.05) is 11.5 Å². The highest BCUT2D eigenvalue weighted by Gasteiger charge is 2.47. The van der Waals surface area contributed by atoms with Crippen LogP contribution in [0.25, 0.3) is 11.2 Å². The summed E-state index contributed by atoms with van der Waals surface area (Å²) < 4.78 is 26.3. The number of aliphatic hydroxyl groups is 2. The van der Waals surface area contributed by atoms with E-state index in [1.54, 1.807) is 6.07 Å². The number of anilines is 2. The highest BCUT2D eigenvalue weighted by atomic mass is 35.5. The van der Waals surface area contributed by atoms with Crippen LogP contribution in [0, 0.1) is 5.82 Å². The molecule has 3 aromatic heterocycles. The summed E-state index contributed by atoms with van der Waals surface area (Å²) >= 11 is 6.11. The number of halogens is 2. The summed E-state index contributed by atoms with van der Waals surface area (Å²) in [7, 11) is 0. The van der Waals surface area contributed by atoms with Crippen LogP contribution in [-0.4, -0.2) is 47.1 Å². The topological polar surface area (TPSA) is 131 Å². The van der Waals surface area contributed by atoms with Gasteiger partial charge in [-0.3, -0.25) is 4.57 Å². The van der Waals surface area contributed by atoms with Crippen LogP contribution in [0.1, 0.15) is 44.6 Å². The number of imidazole rings is 1. The lowest BCUT2D eigenvalue weighted by Gasteiger charge is -2.16. The van der Waals surface area contributed by atoms with Gasteiger partial charge in [-0.05, 0) is 18.2 Å². The minimum atomic E-state index is -1.29. The van der Waals surface area contributed by atoms with E-state index in [1.807, 2.05) is 20.8 Å². The Morgan fingerprint density at radius 2 is 1.91 bits per heavy atom. The first-order valence-corrected chi connectivity index (χ1v) is 10.9. The monoisotopic (exact) mass is 488 g/mol. The maximum Gasteiger partial charge on any atom is 0.168 e. The van der Waals surface area contributed by atoms with E-state index in [1.165, 1.54) is 35.4 Å². The molecule has 0 amide bonds. The summed E-state index contributed by atoms with van der Waals surface area (Å²) in [6, 6.07) is 5.64. The van der Waals surface area contributed by atoms with Crippen LogP contribution in [0.15, 0.2) is 41.4 Å². The van der Waals surface area contributed by atoms with Crippen molar-refractivity contribution in [2.75, 3.05) is 5.32 Å². The number of ether oxygens (including phenoxy) is 1. The fourth-order valence-corrected chi connectivity index (χ4v) is 3.96. The molecule has 12 heteroatoms. The van der Waals surface area contributed by atoms with Gasteiger partial charge in [0.15, 0.2) is 29.0 Å². The molecule has 0 spiro atoms. The zero-order chi connectivity index (χ0) is 24.2. The van der Waals surface area contributed by atoms with Gasteiger partial charge in [-0.1, -0.05) is 37.5 Å². The molecule has 4 aromatic rings. The molecule has 1 fully saturated rings. The molecule has 0 saturated carbocycles. The second-order valence-corrected chi connectivity index (χ2v) is 9.50. The van der Waals surface area contributed by atoms with Crippen molar-refractivity contribution in [1.82, 2.24) is 24.7 Å². The molecular weight excluding hydrogens is 467 g/mol. The van der Waals surface area contributed by atoms with Gasteiger partial charge in [-0.15, -0.1) is 0 Å². The molecule has 178 valence electrons. The molecule has 4 atom stereocenters. The lowest BCUT2D eigenvalue weighted by molar-refractivity contribution is -0.0434. The number of benzene rings is 1. The average Bonchev–Trinajstić information content (AvgIpc) is 3.49. The third-order valence-electron chi connectivity index (χ3n) is 5.63. The maximum atomic E-state index is 13.4. The fourth-order valence-electron chi connectivity index (χ4n) is 3.75. The van der Waals surface area contributed by atoms with Crippen molar-refractivity contribution in [2.24, 2.45) is 0 Å². The molecule has 0 aliphatic carbocycles. The summed E-state index contributed by atoms with van der Waals surface area (Å²) in [6.07, 6.45) is -1.74. The van der Waals surface area contributed by atoms with Gasteiger partial charge in [0.25, 0.3) is 0 Å². The van der Waals surface area contributed by atoms with Crippen LogP contribution in [0.2, 0.25) is 5.02 Å². The van der Waals surface area contributed by atoms with E-state index in [-0.39, 0.29) is 10.4 Å². The summed E-state index contributed by atoms with van der Waals surface area (Å²) in [6.45, 7) is 5.96. The van der Waals surface area contributed by atoms with Gasteiger partial charge < -0.3 is 24.8 Å². The molecule has 1 aliphatic heterocycles. The quantitative estimate of drug-likeness (QED) is 0.394. The molecule has 3 N–H and O–H groups in total. The molecule has 10 nitrogen and oxygen atoms in total. The number of aromatic nitrogens is 5. The zero-order valence-corrected chi connectivity index (χ0v) is 19.2. The van der Waals surface area contributed by atoms with Gasteiger partial charge in [0.1, 0.15) is 30.5 Å². The van der Waals surface area contributed by atoms with Crippen LogP contribution in [-0.2, 0) is 10.2 Å². The SMILES string of the molecule is CC(C)(C)c1cc([C@H]2O[C@@H](n3cnc4c(Nc5ccc(F)cc5Cl)ncnc43)[C@H](O)[C@@H]2O)on1. The Bertz CT molecular complexity index is 1350. The van der Waals surface area contributed by atoms with Crippen molar-refractivity contribution >= 4 is 34.3 Å². The summed E-state index contributed by atoms with van der Waals surface area (Å²) in [5.41, 5.74) is 1.60. The van der Waals surface area contributed by atoms with Crippen LogP contribution in [0.5, 0.6) is 0 Å². The van der Waals surface area contributed by atoms with Crippen LogP contribution in [0.3, 0.4) is 0 Å². The minimum absolute atomic E-state index is 0.174. The van der Waals surface area contributed by atoms with Crippen molar-refractivity contribution in [3.63, 3.8) is 0 Å². The smallest absolute Gasteiger partial charge is 0.168 e. The zero-order valence-electron chi connectivity index (χ0n) is 18.5. The molecule has 0 unspecified atom stereocenters. The second kappa shape index (κ2) is 8.27. The number of nitrogens with zero attached hydrogens (tertiary/aromatic N) is 5. The van der Waals surface area contributed by atoms with E-state index in [0.717, 1.165) is 0 Å². The Morgan fingerprint density at radius 1 is 1.12 bits per heavy atom. The fraction of sp³-hybridized carbons (Fsp3) is 0.364. The predicted molar refractivity (Wildman–Crippen MR) is 120 cm³/mol. The Balaban J connectivity index is 1.45. The van der Waals surface area contributed by atoms with Crippen molar-refractivity contribution < 1.29 is 23.9 Å². The molecule has 5 rings (SSSR count). The third kappa shape index (κ3) is 3.90. The first kappa shape index (κ1) is 22.7. The first-order valence-electron chi connectivity index (χ1n) is 10.5. The number of hydrogen-bond acceptors (Lipinski definition) is 9. The molecule has 0 bridgehead atoms. The minimum Gasteiger partial charge on any atom is -0.387 e. The molecule has 1 aromatic carbocycles.